The highest BCUT2D eigenvalue weighted by atomic mass is 32.2. The summed E-state index contributed by atoms with van der Waals surface area (Å²) < 4.78 is 0. The van der Waals surface area contributed by atoms with Crippen molar-refractivity contribution in [1.29, 1.82) is 0 Å². The van der Waals surface area contributed by atoms with Crippen molar-refractivity contribution in [3.63, 3.8) is 0 Å². The fraction of sp³-hybridized carbons (Fsp3) is 1.00. The highest BCUT2D eigenvalue weighted by molar-refractivity contribution is 8.00. The molecule has 1 aliphatic carbocycles. The van der Waals surface area contributed by atoms with Gasteiger partial charge in [0.2, 0.25) is 0 Å². The lowest BCUT2D eigenvalue weighted by Crippen LogP contribution is -2.40. The van der Waals surface area contributed by atoms with Crippen LogP contribution in [0.3, 0.4) is 0 Å². The van der Waals surface area contributed by atoms with Gasteiger partial charge in [-0.15, -0.1) is 0 Å². The van der Waals surface area contributed by atoms with Gasteiger partial charge in [0.25, 0.3) is 0 Å². The van der Waals surface area contributed by atoms with E-state index in [0.29, 0.717) is 17.3 Å². The average Bonchev–Trinajstić information content (AvgIpc) is 2.22. The molecule has 2 nitrogen and oxygen atoms in total. The first-order chi connectivity index (χ1) is 5.27. The monoisotopic (exact) mass is 172 g/mol. The molecular formula is C8H16N2S. The Morgan fingerprint density at radius 1 is 1.09 bits per heavy atom. The van der Waals surface area contributed by atoms with Crippen LogP contribution in [0.1, 0.15) is 19.3 Å². The second kappa shape index (κ2) is 2.96. The van der Waals surface area contributed by atoms with E-state index in [1.54, 1.807) is 0 Å². The zero-order valence-corrected chi connectivity index (χ0v) is 7.52. The van der Waals surface area contributed by atoms with Crippen LogP contribution < -0.4 is 11.5 Å². The van der Waals surface area contributed by atoms with Gasteiger partial charge < -0.3 is 11.5 Å². The highest BCUT2D eigenvalue weighted by Crippen LogP contribution is 2.37. The van der Waals surface area contributed by atoms with Gasteiger partial charge in [0, 0.05) is 17.3 Å². The quantitative estimate of drug-likeness (QED) is 0.561. The van der Waals surface area contributed by atoms with Crippen molar-refractivity contribution >= 4 is 11.8 Å². The van der Waals surface area contributed by atoms with E-state index in [1.165, 1.54) is 18.6 Å². The molecule has 3 heteroatoms. The Kier molecular flexibility index (Phi) is 2.12. The Bertz CT molecular complexity index is 151. The van der Waals surface area contributed by atoms with Crippen LogP contribution in [-0.4, -0.2) is 23.1 Å². The third-order valence-electron chi connectivity index (χ3n) is 2.98. The molecule has 0 aromatic heterocycles. The summed E-state index contributed by atoms with van der Waals surface area (Å²) in [6.45, 7) is 0. The van der Waals surface area contributed by atoms with Gasteiger partial charge in [0.15, 0.2) is 0 Å². The Hall–Kier alpha value is 0.270. The number of rotatable bonds is 0. The summed E-state index contributed by atoms with van der Waals surface area (Å²) in [5.41, 5.74) is 12.0. The van der Waals surface area contributed by atoms with Crippen molar-refractivity contribution in [2.75, 3.05) is 5.75 Å². The summed E-state index contributed by atoms with van der Waals surface area (Å²) in [6.07, 6.45) is 3.60. The number of hydrogen-bond acceptors (Lipinski definition) is 3. The van der Waals surface area contributed by atoms with Gasteiger partial charge in [-0.25, -0.2) is 0 Å². The van der Waals surface area contributed by atoms with Gasteiger partial charge >= 0.3 is 0 Å². The summed E-state index contributed by atoms with van der Waals surface area (Å²) in [6, 6.07) is 0.855. The lowest BCUT2D eigenvalue weighted by molar-refractivity contribution is 0.431. The number of nitrogens with two attached hydrogens (primary N) is 2. The molecule has 2 aliphatic heterocycles. The molecule has 4 unspecified atom stereocenters. The molecule has 3 aliphatic rings. The number of fused-ring (bicyclic) bond motifs is 4. The van der Waals surface area contributed by atoms with E-state index in [9.17, 15) is 0 Å². The number of thioether (sulfide) groups is 1. The van der Waals surface area contributed by atoms with E-state index in [4.69, 9.17) is 11.5 Å². The molecule has 0 aromatic carbocycles. The maximum atomic E-state index is 6.01. The van der Waals surface area contributed by atoms with Crippen LogP contribution in [0.4, 0.5) is 0 Å². The van der Waals surface area contributed by atoms with Crippen LogP contribution in [0.25, 0.3) is 0 Å². The third-order valence-corrected chi connectivity index (χ3v) is 4.57. The van der Waals surface area contributed by atoms with Crippen molar-refractivity contribution in [2.45, 2.75) is 36.6 Å². The molecule has 64 valence electrons. The summed E-state index contributed by atoms with van der Waals surface area (Å²) >= 11 is 2.04. The van der Waals surface area contributed by atoms with Gasteiger partial charge in [-0.1, -0.05) is 0 Å². The molecule has 3 fully saturated rings. The summed E-state index contributed by atoms with van der Waals surface area (Å²) in [4.78, 5) is 0. The van der Waals surface area contributed by atoms with Gasteiger partial charge in [0.1, 0.15) is 0 Å². The van der Waals surface area contributed by atoms with E-state index in [2.05, 4.69) is 0 Å². The van der Waals surface area contributed by atoms with Crippen molar-refractivity contribution < 1.29 is 0 Å². The van der Waals surface area contributed by atoms with Gasteiger partial charge in [-0.2, -0.15) is 11.8 Å². The Morgan fingerprint density at radius 2 is 1.91 bits per heavy atom. The minimum absolute atomic E-state index is 0.415. The molecule has 0 aromatic rings. The number of hydrogen-bond donors (Lipinski definition) is 2. The van der Waals surface area contributed by atoms with E-state index < -0.39 is 0 Å². The summed E-state index contributed by atoms with van der Waals surface area (Å²) in [7, 11) is 0. The predicted molar refractivity (Wildman–Crippen MR) is 49.5 cm³/mol. The van der Waals surface area contributed by atoms with Gasteiger partial charge in [0.05, 0.1) is 0 Å². The first kappa shape index (κ1) is 7.90. The van der Waals surface area contributed by atoms with Crippen LogP contribution in [0, 0.1) is 5.92 Å². The summed E-state index contributed by atoms with van der Waals surface area (Å²) in [5, 5.41) is 0.656. The normalized spacial score (nSPS) is 50.7. The lowest BCUT2D eigenvalue weighted by Gasteiger charge is -2.30. The van der Waals surface area contributed by atoms with Crippen molar-refractivity contribution in [2.24, 2.45) is 17.4 Å². The van der Waals surface area contributed by atoms with E-state index >= 15 is 0 Å². The SMILES string of the molecule is NC1CC2SCC1CCC2N. The standard InChI is InChI=1S/C8H16N2S/c9-6-2-1-5-4-11-8(6)3-7(5)10/h5-8H,1-4,9-10H2. The summed E-state index contributed by atoms with van der Waals surface area (Å²) in [5.74, 6) is 2.00. The molecule has 2 saturated heterocycles. The fourth-order valence-electron chi connectivity index (χ4n) is 2.09. The maximum Gasteiger partial charge on any atom is 0.0213 e. The lowest BCUT2D eigenvalue weighted by atomic mass is 9.97. The molecule has 4 N–H and O–H groups in total. The molecule has 0 radical (unpaired) electrons. The van der Waals surface area contributed by atoms with E-state index in [1.807, 2.05) is 11.8 Å². The molecule has 1 saturated carbocycles. The van der Waals surface area contributed by atoms with Crippen LogP contribution >= 0.6 is 11.8 Å². The second-order valence-electron chi connectivity index (χ2n) is 3.77. The second-order valence-corrected chi connectivity index (χ2v) is 5.04. The fourth-order valence-corrected chi connectivity index (χ4v) is 3.74. The molecular weight excluding hydrogens is 156 g/mol. The molecule has 11 heavy (non-hydrogen) atoms. The Labute approximate surface area is 72.1 Å². The van der Waals surface area contributed by atoms with Crippen molar-refractivity contribution in [3.8, 4) is 0 Å². The van der Waals surface area contributed by atoms with E-state index in [-0.39, 0.29) is 0 Å². The zero-order chi connectivity index (χ0) is 7.84. The van der Waals surface area contributed by atoms with Crippen LogP contribution in [0.5, 0.6) is 0 Å². The first-order valence-corrected chi connectivity index (χ1v) is 5.45. The molecule has 0 spiro atoms. The molecule has 2 bridgehead atoms. The van der Waals surface area contributed by atoms with Gasteiger partial charge in [-0.3, -0.25) is 0 Å². The van der Waals surface area contributed by atoms with Gasteiger partial charge in [-0.05, 0) is 30.9 Å². The van der Waals surface area contributed by atoms with Crippen molar-refractivity contribution in [3.05, 3.63) is 0 Å². The molecule has 4 atom stereocenters. The average molecular weight is 172 g/mol. The zero-order valence-electron chi connectivity index (χ0n) is 6.70. The minimum Gasteiger partial charge on any atom is -0.327 e. The molecule has 3 rings (SSSR count). The Morgan fingerprint density at radius 3 is 2.64 bits per heavy atom. The largest absolute Gasteiger partial charge is 0.327 e. The Balaban J connectivity index is 2.11. The molecule has 2 heterocycles. The first-order valence-electron chi connectivity index (χ1n) is 4.40. The molecule has 0 amide bonds. The third kappa shape index (κ3) is 1.42. The topological polar surface area (TPSA) is 52.0 Å². The minimum atomic E-state index is 0.415. The van der Waals surface area contributed by atoms with Crippen LogP contribution in [0.2, 0.25) is 0 Å². The maximum absolute atomic E-state index is 6.01. The van der Waals surface area contributed by atoms with E-state index in [0.717, 1.165) is 12.3 Å². The smallest absolute Gasteiger partial charge is 0.0213 e. The highest BCUT2D eigenvalue weighted by Gasteiger charge is 2.35. The van der Waals surface area contributed by atoms with Crippen LogP contribution in [0.15, 0.2) is 0 Å². The predicted octanol–water partition coefficient (Wildman–Crippen LogP) is 0.556. The van der Waals surface area contributed by atoms with Crippen LogP contribution in [-0.2, 0) is 0 Å². The van der Waals surface area contributed by atoms with Crippen molar-refractivity contribution in [1.82, 2.24) is 0 Å².